The first-order chi connectivity index (χ1) is 10.6. The molecule has 0 amide bonds. The molecule has 0 N–H and O–H groups in total. The highest BCUT2D eigenvalue weighted by Crippen LogP contribution is 2.17. The van der Waals surface area contributed by atoms with Crippen LogP contribution >= 0.6 is 0 Å². The van der Waals surface area contributed by atoms with E-state index in [9.17, 15) is 4.79 Å². The van der Waals surface area contributed by atoms with Crippen LogP contribution in [-0.4, -0.2) is 36.6 Å². The van der Waals surface area contributed by atoms with Crippen LogP contribution < -0.4 is 0 Å². The van der Waals surface area contributed by atoms with Crippen molar-refractivity contribution in [2.24, 2.45) is 0 Å². The molecule has 0 spiro atoms. The Bertz CT molecular complexity index is 296. The molecule has 22 heavy (non-hydrogen) atoms. The third kappa shape index (κ3) is 9.99. The van der Waals surface area contributed by atoms with Gasteiger partial charge >= 0.3 is 5.97 Å². The fourth-order valence-corrected chi connectivity index (χ4v) is 2.80. The monoisotopic (exact) mass is 311 g/mol. The first kappa shape index (κ1) is 21.2. The summed E-state index contributed by atoms with van der Waals surface area (Å²) in [6, 6.07) is 0.634. The normalized spacial score (nSPS) is 12.4. The van der Waals surface area contributed by atoms with Crippen molar-refractivity contribution < 1.29 is 9.53 Å². The van der Waals surface area contributed by atoms with E-state index in [2.05, 4.69) is 32.3 Å². The summed E-state index contributed by atoms with van der Waals surface area (Å²) in [5.74, 6) is -0.262. The van der Waals surface area contributed by atoms with Gasteiger partial charge in [0.05, 0.1) is 6.61 Å². The van der Waals surface area contributed by atoms with Crippen LogP contribution in [-0.2, 0) is 9.53 Å². The van der Waals surface area contributed by atoms with Gasteiger partial charge in [0, 0.05) is 11.6 Å². The standard InChI is InChI=1S/C19H37NO2/c1-6-9-10-12-18(20(14-7-2)15-8-3)13-11-16-22-19(21)17(4)5/h18H,4,6-16H2,1-3,5H3. The predicted molar refractivity (Wildman–Crippen MR) is 95.1 cm³/mol. The Morgan fingerprint density at radius 2 is 1.59 bits per heavy atom. The average Bonchev–Trinajstić information content (AvgIpc) is 2.49. The van der Waals surface area contributed by atoms with Crippen molar-refractivity contribution in [3.63, 3.8) is 0 Å². The minimum atomic E-state index is -0.262. The molecule has 1 unspecified atom stereocenters. The summed E-state index contributed by atoms with van der Waals surface area (Å²) < 4.78 is 5.22. The number of unbranched alkanes of at least 4 members (excludes halogenated alkanes) is 2. The maximum atomic E-state index is 11.4. The Balaban J connectivity index is 4.31. The van der Waals surface area contributed by atoms with E-state index in [4.69, 9.17) is 4.74 Å². The molecule has 0 radical (unpaired) electrons. The lowest BCUT2D eigenvalue weighted by Gasteiger charge is -2.31. The van der Waals surface area contributed by atoms with Crippen molar-refractivity contribution in [1.29, 1.82) is 0 Å². The van der Waals surface area contributed by atoms with E-state index in [-0.39, 0.29) is 5.97 Å². The molecule has 130 valence electrons. The van der Waals surface area contributed by atoms with Crippen LogP contribution in [0.2, 0.25) is 0 Å². The molecule has 1 atom stereocenters. The van der Waals surface area contributed by atoms with Crippen LogP contribution in [0.15, 0.2) is 12.2 Å². The van der Waals surface area contributed by atoms with E-state index in [1.54, 1.807) is 6.92 Å². The smallest absolute Gasteiger partial charge is 0.333 e. The van der Waals surface area contributed by atoms with Crippen molar-refractivity contribution in [2.45, 2.75) is 85.1 Å². The fourth-order valence-electron chi connectivity index (χ4n) is 2.80. The number of carbonyl (C=O) groups excluding carboxylic acids is 1. The Morgan fingerprint density at radius 1 is 1.00 bits per heavy atom. The van der Waals surface area contributed by atoms with Crippen molar-refractivity contribution in [3.05, 3.63) is 12.2 Å². The van der Waals surface area contributed by atoms with Crippen molar-refractivity contribution in [1.82, 2.24) is 4.90 Å². The molecule has 3 nitrogen and oxygen atoms in total. The van der Waals surface area contributed by atoms with E-state index >= 15 is 0 Å². The topological polar surface area (TPSA) is 29.5 Å². The van der Waals surface area contributed by atoms with Gasteiger partial charge in [0.15, 0.2) is 0 Å². The molecule has 0 aliphatic heterocycles. The van der Waals surface area contributed by atoms with Gasteiger partial charge in [-0.15, -0.1) is 0 Å². The quantitative estimate of drug-likeness (QED) is 0.258. The lowest BCUT2D eigenvalue weighted by Crippen LogP contribution is -2.37. The number of ether oxygens (including phenoxy) is 1. The molecule has 0 saturated carbocycles. The summed E-state index contributed by atoms with van der Waals surface area (Å²) in [5, 5.41) is 0. The zero-order valence-corrected chi connectivity index (χ0v) is 15.3. The molecular formula is C19H37NO2. The van der Waals surface area contributed by atoms with Gasteiger partial charge in [0.1, 0.15) is 0 Å². The second-order valence-electron chi connectivity index (χ2n) is 6.24. The van der Waals surface area contributed by atoms with Gasteiger partial charge in [-0.05, 0) is 52.1 Å². The van der Waals surface area contributed by atoms with Crippen LogP contribution in [0, 0.1) is 0 Å². The average molecular weight is 312 g/mol. The predicted octanol–water partition coefficient (Wildman–Crippen LogP) is 4.96. The Kier molecular flexibility index (Phi) is 13.3. The lowest BCUT2D eigenvalue weighted by atomic mass is 10.0. The van der Waals surface area contributed by atoms with Gasteiger partial charge in [-0.3, -0.25) is 0 Å². The van der Waals surface area contributed by atoms with E-state index in [0.717, 1.165) is 12.8 Å². The molecule has 0 aromatic carbocycles. The Labute approximate surface area is 138 Å². The molecule has 0 bridgehead atoms. The van der Waals surface area contributed by atoms with Gasteiger partial charge in [-0.2, -0.15) is 0 Å². The Morgan fingerprint density at radius 3 is 2.09 bits per heavy atom. The highest BCUT2D eigenvalue weighted by atomic mass is 16.5. The minimum Gasteiger partial charge on any atom is -0.462 e. The molecule has 0 heterocycles. The molecule has 3 heteroatoms. The third-order valence-electron chi connectivity index (χ3n) is 3.94. The number of hydrogen-bond donors (Lipinski definition) is 0. The highest BCUT2D eigenvalue weighted by molar-refractivity contribution is 5.86. The van der Waals surface area contributed by atoms with E-state index in [0.29, 0.717) is 18.2 Å². The zero-order chi connectivity index (χ0) is 16.8. The molecule has 0 saturated heterocycles. The largest absolute Gasteiger partial charge is 0.462 e. The van der Waals surface area contributed by atoms with Crippen LogP contribution in [0.25, 0.3) is 0 Å². The molecule has 0 aliphatic carbocycles. The maximum absolute atomic E-state index is 11.4. The van der Waals surface area contributed by atoms with E-state index in [1.807, 2.05) is 0 Å². The molecule has 0 aromatic heterocycles. The summed E-state index contributed by atoms with van der Waals surface area (Å²) in [7, 11) is 0. The summed E-state index contributed by atoms with van der Waals surface area (Å²) in [6.07, 6.45) is 9.62. The van der Waals surface area contributed by atoms with Crippen molar-refractivity contribution >= 4 is 5.97 Å². The van der Waals surface area contributed by atoms with E-state index < -0.39 is 0 Å². The van der Waals surface area contributed by atoms with Crippen molar-refractivity contribution in [2.75, 3.05) is 19.7 Å². The number of rotatable bonds is 14. The van der Waals surface area contributed by atoms with Crippen molar-refractivity contribution in [3.8, 4) is 0 Å². The number of carbonyl (C=O) groups is 1. The van der Waals surface area contributed by atoms with Gasteiger partial charge in [-0.1, -0.05) is 46.6 Å². The number of esters is 1. The SMILES string of the molecule is C=C(C)C(=O)OCCCC(CCCCC)N(CCC)CCC. The molecule has 0 fully saturated rings. The molecule has 0 aliphatic rings. The summed E-state index contributed by atoms with van der Waals surface area (Å²) in [4.78, 5) is 14.0. The number of nitrogens with zero attached hydrogens (tertiary/aromatic N) is 1. The summed E-state index contributed by atoms with van der Waals surface area (Å²) in [6.45, 7) is 14.9. The van der Waals surface area contributed by atoms with Crippen LogP contribution in [0.5, 0.6) is 0 Å². The van der Waals surface area contributed by atoms with Gasteiger partial charge in [0.2, 0.25) is 0 Å². The summed E-state index contributed by atoms with van der Waals surface area (Å²) >= 11 is 0. The molecule has 0 rings (SSSR count). The highest BCUT2D eigenvalue weighted by Gasteiger charge is 2.16. The first-order valence-corrected chi connectivity index (χ1v) is 9.13. The second-order valence-corrected chi connectivity index (χ2v) is 6.24. The summed E-state index contributed by atoms with van der Waals surface area (Å²) in [5.41, 5.74) is 0.484. The second kappa shape index (κ2) is 13.8. The fraction of sp³-hybridized carbons (Fsp3) is 0.842. The number of hydrogen-bond acceptors (Lipinski definition) is 3. The van der Waals surface area contributed by atoms with Crippen LogP contribution in [0.3, 0.4) is 0 Å². The van der Waals surface area contributed by atoms with Crippen LogP contribution in [0.1, 0.15) is 79.1 Å². The van der Waals surface area contributed by atoms with Gasteiger partial charge in [0.25, 0.3) is 0 Å². The van der Waals surface area contributed by atoms with Gasteiger partial charge in [-0.25, -0.2) is 4.79 Å². The lowest BCUT2D eigenvalue weighted by molar-refractivity contribution is -0.139. The zero-order valence-electron chi connectivity index (χ0n) is 15.3. The van der Waals surface area contributed by atoms with Gasteiger partial charge < -0.3 is 9.64 Å². The first-order valence-electron chi connectivity index (χ1n) is 9.13. The van der Waals surface area contributed by atoms with Crippen LogP contribution in [0.4, 0.5) is 0 Å². The molecule has 0 aromatic rings. The Hall–Kier alpha value is -0.830. The maximum Gasteiger partial charge on any atom is 0.333 e. The van der Waals surface area contributed by atoms with E-state index in [1.165, 1.54) is 51.6 Å². The third-order valence-corrected chi connectivity index (χ3v) is 3.94. The minimum absolute atomic E-state index is 0.262. The molecular weight excluding hydrogens is 274 g/mol.